The first-order valence-electron chi connectivity index (χ1n) is 5.45. The highest BCUT2D eigenvalue weighted by Gasteiger charge is 2.14. The highest BCUT2D eigenvalue weighted by atomic mass is 79.9. The van der Waals surface area contributed by atoms with Crippen LogP contribution < -0.4 is 5.73 Å². The second kappa shape index (κ2) is 5.39. The first-order valence-corrected chi connectivity index (χ1v) is 6.62. The van der Waals surface area contributed by atoms with Crippen molar-refractivity contribution in [3.05, 3.63) is 68.4 Å². The van der Waals surface area contributed by atoms with E-state index in [4.69, 9.17) is 17.3 Å². The van der Waals surface area contributed by atoms with Gasteiger partial charge < -0.3 is 5.73 Å². The topological polar surface area (TPSA) is 26.0 Å². The summed E-state index contributed by atoms with van der Waals surface area (Å²) in [4.78, 5) is 0. The maximum Gasteiger partial charge on any atom is 0.127 e. The van der Waals surface area contributed by atoms with Crippen LogP contribution in [0.1, 0.15) is 22.7 Å². The lowest BCUT2D eigenvalue weighted by Crippen LogP contribution is -2.12. The van der Waals surface area contributed by atoms with Crippen LogP contribution in [-0.2, 0) is 0 Å². The van der Waals surface area contributed by atoms with E-state index in [1.807, 2.05) is 24.3 Å². The molecule has 94 valence electrons. The lowest BCUT2D eigenvalue weighted by molar-refractivity contribution is 0.617. The third-order valence-electron chi connectivity index (χ3n) is 2.84. The molecule has 1 atom stereocenters. The fourth-order valence-corrected chi connectivity index (χ4v) is 2.30. The first-order chi connectivity index (χ1) is 8.49. The Morgan fingerprint density at radius 3 is 2.44 bits per heavy atom. The molecule has 1 unspecified atom stereocenters. The second-order valence-corrected chi connectivity index (χ2v) is 5.48. The van der Waals surface area contributed by atoms with E-state index in [-0.39, 0.29) is 11.9 Å². The van der Waals surface area contributed by atoms with Gasteiger partial charge in [-0.15, -0.1) is 0 Å². The fraction of sp³-hybridized carbons (Fsp3) is 0.143. The fourth-order valence-electron chi connectivity index (χ4n) is 1.77. The first kappa shape index (κ1) is 13.5. The van der Waals surface area contributed by atoms with Crippen molar-refractivity contribution >= 4 is 27.5 Å². The summed E-state index contributed by atoms with van der Waals surface area (Å²) >= 11 is 9.42. The van der Waals surface area contributed by atoms with E-state index in [0.29, 0.717) is 10.6 Å². The maximum absolute atomic E-state index is 13.3. The molecule has 2 N–H and O–H groups in total. The minimum atomic E-state index is -0.357. The Labute approximate surface area is 119 Å². The highest BCUT2D eigenvalue weighted by Crippen LogP contribution is 2.29. The van der Waals surface area contributed by atoms with Crippen LogP contribution in [0.5, 0.6) is 0 Å². The van der Waals surface area contributed by atoms with Gasteiger partial charge in [-0.1, -0.05) is 39.7 Å². The summed E-state index contributed by atoms with van der Waals surface area (Å²) in [5, 5.41) is 0.355. The lowest BCUT2D eigenvalue weighted by atomic mass is 9.98. The number of halogens is 3. The summed E-state index contributed by atoms with van der Waals surface area (Å²) in [6.45, 7) is 1.70. The average molecular weight is 329 g/mol. The maximum atomic E-state index is 13.3. The van der Waals surface area contributed by atoms with Gasteiger partial charge in [0.15, 0.2) is 0 Å². The second-order valence-electron chi connectivity index (χ2n) is 4.15. The predicted molar refractivity (Wildman–Crippen MR) is 76.3 cm³/mol. The predicted octanol–water partition coefficient (Wildman–Crippen LogP) is 4.60. The Bertz CT molecular complexity index is 569. The minimum absolute atomic E-state index is 0.313. The van der Waals surface area contributed by atoms with E-state index in [1.54, 1.807) is 13.0 Å². The van der Waals surface area contributed by atoms with Gasteiger partial charge in [0.1, 0.15) is 5.82 Å². The van der Waals surface area contributed by atoms with Crippen molar-refractivity contribution in [2.75, 3.05) is 0 Å². The molecular weight excluding hydrogens is 317 g/mol. The van der Waals surface area contributed by atoms with E-state index < -0.39 is 0 Å². The molecule has 0 aliphatic carbocycles. The van der Waals surface area contributed by atoms with Crippen molar-refractivity contribution in [2.24, 2.45) is 5.73 Å². The van der Waals surface area contributed by atoms with Crippen molar-refractivity contribution in [3.63, 3.8) is 0 Å². The molecule has 2 rings (SSSR count). The zero-order chi connectivity index (χ0) is 13.3. The molecule has 1 nitrogen and oxygen atoms in total. The van der Waals surface area contributed by atoms with Crippen molar-refractivity contribution in [1.82, 2.24) is 0 Å². The number of rotatable bonds is 2. The average Bonchev–Trinajstić information content (AvgIpc) is 2.34. The van der Waals surface area contributed by atoms with Crippen LogP contribution in [-0.4, -0.2) is 0 Å². The van der Waals surface area contributed by atoms with Crippen molar-refractivity contribution < 1.29 is 4.39 Å². The van der Waals surface area contributed by atoms with E-state index >= 15 is 0 Å². The Balaban J connectivity index is 2.42. The molecule has 2 aromatic rings. The van der Waals surface area contributed by atoms with Gasteiger partial charge in [-0.2, -0.15) is 0 Å². The summed E-state index contributed by atoms with van der Waals surface area (Å²) in [5.74, 6) is -0.313. The molecule has 0 heterocycles. The molecule has 0 spiro atoms. The molecule has 0 saturated heterocycles. The molecule has 0 saturated carbocycles. The summed E-state index contributed by atoms with van der Waals surface area (Å²) in [6, 6.07) is 10.3. The van der Waals surface area contributed by atoms with Crippen LogP contribution in [0, 0.1) is 12.7 Å². The van der Waals surface area contributed by atoms with E-state index in [2.05, 4.69) is 15.9 Å². The normalized spacial score (nSPS) is 12.5. The standard InChI is InChI=1S/C14H12BrClFN/c1-8-6-11(12(16)7-13(8)17)14(18)9-2-4-10(15)5-3-9/h2-7,14H,18H2,1H3. The summed E-state index contributed by atoms with van der Waals surface area (Å²) in [5.41, 5.74) is 8.38. The van der Waals surface area contributed by atoms with Crippen molar-refractivity contribution in [1.29, 1.82) is 0 Å². The zero-order valence-electron chi connectivity index (χ0n) is 9.75. The smallest absolute Gasteiger partial charge is 0.127 e. The van der Waals surface area contributed by atoms with Crippen LogP contribution in [0.25, 0.3) is 0 Å². The largest absolute Gasteiger partial charge is 0.320 e. The molecule has 0 amide bonds. The minimum Gasteiger partial charge on any atom is -0.320 e. The van der Waals surface area contributed by atoms with Gasteiger partial charge in [-0.25, -0.2) is 4.39 Å². The number of hydrogen-bond acceptors (Lipinski definition) is 1. The van der Waals surface area contributed by atoms with Gasteiger partial charge in [-0.3, -0.25) is 0 Å². The Hall–Kier alpha value is -0.900. The van der Waals surface area contributed by atoms with Crippen LogP contribution in [0.15, 0.2) is 40.9 Å². The number of nitrogens with two attached hydrogens (primary N) is 1. The van der Waals surface area contributed by atoms with Gasteiger partial charge in [0.25, 0.3) is 0 Å². The Morgan fingerprint density at radius 1 is 1.22 bits per heavy atom. The molecule has 18 heavy (non-hydrogen) atoms. The summed E-state index contributed by atoms with van der Waals surface area (Å²) in [7, 11) is 0. The molecule has 0 aromatic heterocycles. The molecule has 0 radical (unpaired) electrons. The molecule has 4 heteroatoms. The van der Waals surface area contributed by atoms with Crippen LogP contribution >= 0.6 is 27.5 Å². The number of benzene rings is 2. The SMILES string of the molecule is Cc1cc(C(N)c2ccc(Br)cc2)c(Cl)cc1F. The van der Waals surface area contributed by atoms with Crippen LogP contribution in [0.3, 0.4) is 0 Å². The summed E-state index contributed by atoms with van der Waals surface area (Å²) < 4.78 is 14.3. The van der Waals surface area contributed by atoms with Gasteiger partial charge in [0, 0.05) is 9.50 Å². The van der Waals surface area contributed by atoms with Gasteiger partial charge >= 0.3 is 0 Å². The van der Waals surface area contributed by atoms with E-state index in [9.17, 15) is 4.39 Å². The van der Waals surface area contributed by atoms with Gasteiger partial charge in [0.05, 0.1) is 6.04 Å². The molecule has 0 aliphatic heterocycles. The molecule has 0 aliphatic rings. The van der Waals surface area contributed by atoms with Gasteiger partial charge in [0.2, 0.25) is 0 Å². The van der Waals surface area contributed by atoms with Crippen LogP contribution in [0.4, 0.5) is 4.39 Å². The molecule has 0 fully saturated rings. The third-order valence-corrected chi connectivity index (χ3v) is 3.70. The van der Waals surface area contributed by atoms with E-state index in [1.165, 1.54) is 6.07 Å². The lowest BCUT2D eigenvalue weighted by Gasteiger charge is -2.15. The zero-order valence-corrected chi connectivity index (χ0v) is 12.1. The number of hydrogen-bond donors (Lipinski definition) is 1. The van der Waals surface area contributed by atoms with Gasteiger partial charge in [-0.05, 0) is 47.9 Å². The molecule has 0 bridgehead atoms. The highest BCUT2D eigenvalue weighted by molar-refractivity contribution is 9.10. The van der Waals surface area contributed by atoms with Crippen molar-refractivity contribution in [2.45, 2.75) is 13.0 Å². The Morgan fingerprint density at radius 2 is 1.83 bits per heavy atom. The molecular formula is C14H12BrClFN. The Kier molecular flexibility index (Phi) is 4.05. The number of aryl methyl sites for hydroxylation is 1. The van der Waals surface area contributed by atoms with Crippen LogP contribution in [0.2, 0.25) is 5.02 Å². The molecule has 2 aromatic carbocycles. The third kappa shape index (κ3) is 2.74. The summed E-state index contributed by atoms with van der Waals surface area (Å²) in [6.07, 6.45) is 0. The van der Waals surface area contributed by atoms with E-state index in [0.717, 1.165) is 15.6 Å². The van der Waals surface area contributed by atoms with Crippen molar-refractivity contribution in [3.8, 4) is 0 Å². The monoisotopic (exact) mass is 327 g/mol. The quantitative estimate of drug-likeness (QED) is 0.856.